The van der Waals surface area contributed by atoms with Crippen LogP contribution in [0.4, 0.5) is 13.2 Å². The molecule has 7 heteroatoms. The van der Waals surface area contributed by atoms with E-state index in [0.29, 0.717) is 6.54 Å². The minimum Gasteiger partial charge on any atom is -0.481 e. The summed E-state index contributed by atoms with van der Waals surface area (Å²) in [6, 6.07) is 0. The maximum absolute atomic E-state index is 12.3. The van der Waals surface area contributed by atoms with Crippen molar-refractivity contribution in [3.8, 4) is 0 Å². The van der Waals surface area contributed by atoms with Gasteiger partial charge in [0.15, 0.2) is 5.92 Å². The molecule has 2 unspecified atom stereocenters. The molecule has 3 nitrogen and oxygen atoms in total. The zero-order valence-electron chi connectivity index (χ0n) is 9.51. The largest absolute Gasteiger partial charge is 0.481 e. The van der Waals surface area contributed by atoms with Crippen molar-refractivity contribution < 1.29 is 23.1 Å². The molecule has 1 rings (SSSR count). The highest BCUT2D eigenvalue weighted by atomic mass is 32.2. The van der Waals surface area contributed by atoms with E-state index in [4.69, 9.17) is 5.11 Å². The summed E-state index contributed by atoms with van der Waals surface area (Å²) in [6.07, 6.45) is -2.68. The minimum atomic E-state index is -4.69. The molecule has 0 amide bonds. The first-order chi connectivity index (χ1) is 7.75. The fourth-order valence-corrected chi connectivity index (χ4v) is 3.07. The lowest BCUT2D eigenvalue weighted by Crippen LogP contribution is -2.42. The monoisotopic (exact) mass is 271 g/mol. The molecule has 0 aromatic heterocycles. The number of alkyl halides is 3. The molecule has 100 valence electrons. The number of carboxylic acid groups (broad SMARTS) is 1. The molecule has 1 saturated heterocycles. The van der Waals surface area contributed by atoms with Gasteiger partial charge in [-0.05, 0) is 25.5 Å². The van der Waals surface area contributed by atoms with E-state index in [1.807, 2.05) is 6.92 Å². The van der Waals surface area contributed by atoms with E-state index < -0.39 is 24.6 Å². The first-order valence-corrected chi connectivity index (χ1v) is 6.37. The van der Waals surface area contributed by atoms with Gasteiger partial charge < -0.3 is 10.4 Å². The van der Waals surface area contributed by atoms with Crippen LogP contribution in [0.3, 0.4) is 0 Å². The summed E-state index contributed by atoms with van der Waals surface area (Å²) in [5.41, 5.74) is 0. The molecule has 17 heavy (non-hydrogen) atoms. The summed E-state index contributed by atoms with van der Waals surface area (Å²) in [4.78, 5) is 10.5. The summed E-state index contributed by atoms with van der Waals surface area (Å²) in [5, 5.41) is 11.1. The summed E-state index contributed by atoms with van der Waals surface area (Å²) in [5.74, 6) is -3.13. The molecule has 0 aromatic rings. The SMILES string of the molecule is CC1(CNCC(C(=O)O)C(F)(F)F)CCCS1. The fraction of sp³-hybridized carbons (Fsp3) is 0.900. The van der Waals surface area contributed by atoms with Gasteiger partial charge in [0.05, 0.1) is 0 Å². The molecule has 1 aliphatic heterocycles. The second-order valence-corrected chi connectivity index (χ2v) is 6.15. The Morgan fingerprint density at radius 2 is 2.24 bits per heavy atom. The van der Waals surface area contributed by atoms with Crippen molar-refractivity contribution in [2.45, 2.75) is 30.7 Å². The molecule has 0 saturated carbocycles. The van der Waals surface area contributed by atoms with Gasteiger partial charge >= 0.3 is 12.1 Å². The van der Waals surface area contributed by atoms with Crippen molar-refractivity contribution in [1.82, 2.24) is 5.32 Å². The van der Waals surface area contributed by atoms with Crippen LogP contribution in [-0.2, 0) is 4.79 Å². The Morgan fingerprint density at radius 1 is 1.59 bits per heavy atom. The Balaban J connectivity index is 2.40. The van der Waals surface area contributed by atoms with Crippen molar-refractivity contribution in [1.29, 1.82) is 0 Å². The lowest BCUT2D eigenvalue weighted by Gasteiger charge is -2.24. The second kappa shape index (κ2) is 5.48. The number of carboxylic acids is 1. The highest BCUT2D eigenvalue weighted by Gasteiger charge is 2.45. The van der Waals surface area contributed by atoms with E-state index in [-0.39, 0.29) is 4.75 Å². The van der Waals surface area contributed by atoms with E-state index >= 15 is 0 Å². The van der Waals surface area contributed by atoms with Gasteiger partial charge in [0, 0.05) is 17.8 Å². The standard InChI is InChI=1S/C10H16F3NO2S/c1-9(3-2-4-17-9)6-14-5-7(8(15)16)10(11,12)13/h7,14H,2-6H2,1H3,(H,15,16). The molecule has 0 aromatic carbocycles. The molecule has 1 fully saturated rings. The number of hydrogen-bond acceptors (Lipinski definition) is 3. The number of rotatable bonds is 5. The number of hydrogen-bond donors (Lipinski definition) is 2. The Morgan fingerprint density at radius 3 is 2.65 bits per heavy atom. The van der Waals surface area contributed by atoms with Crippen LogP contribution in [0.2, 0.25) is 0 Å². The summed E-state index contributed by atoms with van der Waals surface area (Å²) >= 11 is 1.72. The van der Waals surface area contributed by atoms with Crippen molar-refractivity contribution in [3.05, 3.63) is 0 Å². The summed E-state index contributed by atoms with van der Waals surface area (Å²) in [7, 11) is 0. The topological polar surface area (TPSA) is 49.3 Å². The van der Waals surface area contributed by atoms with Gasteiger partial charge in [-0.15, -0.1) is 0 Å². The maximum Gasteiger partial charge on any atom is 0.403 e. The molecule has 0 radical (unpaired) electrons. The normalized spacial score (nSPS) is 27.1. The lowest BCUT2D eigenvalue weighted by molar-refractivity contribution is -0.192. The lowest BCUT2D eigenvalue weighted by atomic mass is 10.0. The third kappa shape index (κ3) is 4.39. The zero-order valence-corrected chi connectivity index (χ0v) is 10.3. The van der Waals surface area contributed by atoms with Crippen LogP contribution in [0, 0.1) is 5.92 Å². The predicted molar refractivity (Wildman–Crippen MR) is 60.1 cm³/mol. The highest BCUT2D eigenvalue weighted by molar-refractivity contribution is 8.00. The Bertz CT molecular complexity index is 277. The molecule has 2 N–H and O–H groups in total. The van der Waals surface area contributed by atoms with E-state index in [0.717, 1.165) is 18.6 Å². The first-order valence-electron chi connectivity index (χ1n) is 5.39. The number of nitrogens with one attached hydrogen (secondary N) is 1. The van der Waals surface area contributed by atoms with Gasteiger partial charge in [0.2, 0.25) is 0 Å². The number of aliphatic carboxylic acids is 1. The summed E-state index contributed by atoms with van der Waals surface area (Å²) in [6.45, 7) is 1.84. The summed E-state index contributed by atoms with van der Waals surface area (Å²) < 4.78 is 37.0. The third-order valence-corrected chi connectivity index (χ3v) is 4.38. The van der Waals surface area contributed by atoms with Gasteiger partial charge in [-0.2, -0.15) is 24.9 Å². The number of thioether (sulfide) groups is 1. The molecular weight excluding hydrogens is 255 g/mol. The number of halogens is 3. The van der Waals surface area contributed by atoms with Gasteiger partial charge in [0.25, 0.3) is 0 Å². The Labute approximate surface area is 102 Å². The van der Waals surface area contributed by atoms with Crippen LogP contribution in [0.25, 0.3) is 0 Å². The quantitative estimate of drug-likeness (QED) is 0.804. The van der Waals surface area contributed by atoms with E-state index in [1.54, 1.807) is 11.8 Å². The second-order valence-electron chi connectivity index (χ2n) is 4.47. The van der Waals surface area contributed by atoms with Crippen LogP contribution in [0.5, 0.6) is 0 Å². The van der Waals surface area contributed by atoms with Crippen LogP contribution >= 0.6 is 11.8 Å². The van der Waals surface area contributed by atoms with E-state index in [2.05, 4.69) is 5.32 Å². The van der Waals surface area contributed by atoms with Crippen LogP contribution in [0.15, 0.2) is 0 Å². The molecule has 1 heterocycles. The van der Waals surface area contributed by atoms with Crippen LogP contribution in [0.1, 0.15) is 19.8 Å². The molecular formula is C10H16F3NO2S. The minimum absolute atomic E-state index is 0.0609. The molecule has 0 aliphatic carbocycles. The smallest absolute Gasteiger partial charge is 0.403 e. The van der Waals surface area contributed by atoms with Gasteiger partial charge in [-0.25, -0.2) is 0 Å². The van der Waals surface area contributed by atoms with Crippen molar-refractivity contribution in [2.24, 2.45) is 5.92 Å². The van der Waals surface area contributed by atoms with Crippen molar-refractivity contribution in [2.75, 3.05) is 18.8 Å². The Hall–Kier alpha value is -0.430. The first kappa shape index (κ1) is 14.6. The average molecular weight is 271 g/mol. The Kier molecular flexibility index (Phi) is 4.71. The average Bonchev–Trinajstić information content (AvgIpc) is 2.57. The van der Waals surface area contributed by atoms with Crippen LogP contribution < -0.4 is 5.32 Å². The van der Waals surface area contributed by atoms with Crippen molar-refractivity contribution >= 4 is 17.7 Å². The van der Waals surface area contributed by atoms with Crippen LogP contribution in [-0.4, -0.2) is 40.8 Å². The fourth-order valence-electron chi connectivity index (χ4n) is 1.80. The van der Waals surface area contributed by atoms with Gasteiger partial charge in [-0.1, -0.05) is 0 Å². The third-order valence-electron chi connectivity index (χ3n) is 2.84. The van der Waals surface area contributed by atoms with E-state index in [1.165, 1.54) is 0 Å². The zero-order chi connectivity index (χ0) is 13.1. The molecule has 0 bridgehead atoms. The number of carbonyl (C=O) groups is 1. The molecule has 1 aliphatic rings. The predicted octanol–water partition coefficient (Wildman–Crippen LogP) is 2.12. The molecule has 2 atom stereocenters. The van der Waals surface area contributed by atoms with Gasteiger partial charge in [0.1, 0.15) is 0 Å². The maximum atomic E-state index is 12.3. The van der Waals surface area contributed by atoms with Gasteiger partial charge in [-0.3, -0.25) is 4.79 Å². The van der Waals surface area contributed by atoms with Crippen molar-refractivity contribution in [3.63, 3.8) is 0 Å². The highest BCUT2D eigenvalue weighted by Crippen LogP contribution is 2.37. The van der Waals surface area contributed by atoms with E-state index in [9.17, 15) is 18.0 Å². The molecule has 0 spiro atoms.